The largest absolute Gasteiger partial charge is 0.324 e. The predicted molar refractivity (Wildman–Crippen MR) is 102 cm³/mol. The fourth-order valence-corrected chi connectivity index (χ4v) is 3.90. The van der Waals surface area contributed by atoms with Crippen LogP contribution in [0.2, 0.25) is 0 Å². The molecule has 0 saturated carbocycles. The molecule has 0 aliphatic carbocycles. The van der Waals surface area contributed by atoms with Crippen molar-refractivity contribution in [2.45, 2.75) is 10.1 Å². The van der Waals surface area contributed by atoms with Crippen LogP contribution in [-0.2, 0) is 21.9 Å². The van der Waals surface area contributed by atoms with E-state index in [4.69, 9.17) is 0 Å². The van der Waals surface area contributed by atoms with Crippen molar-refractivity contribution in [2.75, 3.05) is 15.8 Å². The molecule has 3 aromatic rings. The highest BCUT2D eigenvalue weighted by molar-refractivity contribution is 7.99. The van der Waals surface area contributed by atoms with Crippen molar-refractivity contribution in [3.8, 4) is 0 Å². The Morgan fingerprint density at radius 1 is 1.07 bits per heavy atom. The number of rotatable bonds is 7. The van der Waals surface area contributed by atoms with E-state index in [-0.39, 0.29) is 22.2 Å². The van der Waals surface area contributed by atoms with E-state index < -0.39 is 10.0 Å². The Hall–Kier alpha value is -2.92. The number of nitrogens with one attached hydrogen (secondary N) is 2. The van der Waals surface area contributed by atoms with Crippen molar-refractivity contribution in [1.82, 2.24) is 20.2 Å². The van der Waals surface area contributed by atoms with Gasteiger partial charge in [0.25, 0.3) is 10.0 Å². The lowest BCUT2D eigenvalue weighted by Crippen LogP contribution is -2.18. The summed E-state index contributed by atoms with van der Waals surface area (Å²) in [7, 11) is -2.09. The van der Waals surface area contributed by atoms with Crippen molar-refractivity contribution in [3.05, 3.63) is 54.6 Å². The summed E-state index contributed by atoms with van der Waals surface area (Å²) in [5.74, 6) is -0.233. The molecule has 1 heterocycles. The average molecular weight is 404 g/mol. The van der Waals surface area contributed by atoms with Crippen molar-refractivity contribution < 1.29 is 13.2 Å². The minimum Gasteiger partial charge on any atom is -0.324 e. The zero-order chi connectivity index (χ0) is 19.3. The lowest BCUT2D eigenvalue weighted by Gasteiger charge is -2.13. The van der Waals surface area contributed by atoms with Crippen LogP contribution in [0.4, 0.5) is 11.4 Å². The number of hydrogen-bond acceptors (Lipinski definition) is 7. The first-order chi connectivity index (χ1) is 13.0. The summed E-state index contributed by atoms with van der Waals surface area (Å²) in [4.78, 5) is 12.4. The van der Waals surface area contributed by atoms with Gasteiger partial charge in [0, 0.05) is 7.05 Å². The van der Waals surface area contributed by atoms with E-state index in [1.54, 1.807) is 49.5 Å². The maximum Gasteiger partial charge on any atom is 0.261 e. The van der Waals surface area contributed by atoms with Crippen LogP contribution in [0.15, 0.2) is 64.6 Å². The highest BCUT2D eigenvalue weighted by Gasteiger charge is 2.16. The number of anilines is 2. The van der Waals surface area contributed by atoms with Gasteiger partial charge in [-0.25, -0.2) is 13.1 Å². The zero-order valence-electron chi connectivity index (χ0n) is 14.2. The number of benzene rings is 2. The minimum atomic E-state index is -3.76. The van der Waals surface area contributed by atoms with E-state index in [9.17, 15) is 13.2 Å². The van der Waals surface area contributed by atoms with Gasteiger partial charge in [-0.2, -0.15) is 0 Å². The maximum absolute atomic E-state index is 12.5. The van der Waals surface area contributed by atoms with Crippen LogP contribution in [-0.4, -0.2) is 40.3 Å². The van der Waals surface area contributed by atoms with Crippen molar-refractivity contribution >= 4 is 39.1 Å². The number of thioether (sulfide) groups is 1. The number of para-hydroxylation sites is 2. The average Bonchev–Trinajstić information content (AvgIpc) is 3.07. The van der Waals surface area contributed by atoms with Crippen molar-refractivity contribution in [3.63, 3.8) is 0 Å². The van der Waals surface area contributed by atoms with E-state index in [1.807, 2.05) is 0 Å². The number of carbonyl (C=O) groups is 1. The highest BCUT2D eigenvalue weighted by atomic mass is 32.2. The second-order valence-electron chi connectivity index (χ2n) is 5.39. The fourth-order valence-electron chi connectivity index (χ4n) is 2.14. The van der Waals surface area contributed by atoms with Gasteiger partial charge in [-0.15, -0.1) is 5.10 Å². The molecule has 1 amide bonds. The quantitative estimate of drug-likeness (QED) is 0.576. The van der Waals surface area contributed by atoms with E-state index >= 15 is 0 Å². The van der Waals surface area contributed by atoms with Gasteiger partial charge in [-0.1, -0.05) is 42.1 Å². The lowest BCUT2D eigenvalue weighted by atomic mass is 10.3. The summed E-state index contributed by atoms with van der Waals surface area (Å²) >= 11 is 1.17. The standard InChI is InChI=1S/C16H16N6O3S2/c1-22-16(18-20-21-22)26-11-15(23)17-13-9-5-6-10-14(13)19-27(24,25)12-7-3-2-4-8-12/h2-10,19H,11H2,1H3,(H,17,23). The number of carbonyl (C=O) groups excluding carboxylic acids is 1. The lowest BCUT2D eigenvalue weighted by molar-refractivity contribution is -0.113. The maximum atomic E-state index is 12.5. The molecule has 2 N–H and O–H groups in total. The van der Waals surface area contributed by atoms with Crippen molar-refractivity contribution in [2.24, 2.45) is 7.05 Å². The SMILES string of the molecule is Cn1nnnc1SCC(=O)Nc1ccccc1NS(=O)(=O)c1ccccc1. The van der Waals surface area contributed by atoms with Gasteiger partial charge in [0.1, 0.15) is 0 Å². The first-order valence-electron chi connectivity index (χ1n) is 7.77. The molecule has 0 aliphatic rings. The molecule has 0 saturated heterocycles. The third kappa shape index (κ3) is 4.83. The molecule has 0 fully saturated rings. The summed E-state index contributed by atoms with van der Waals surface area (Å²) in [6.45, 7) is 0. The zero-order valence-corrected chi connectivity index (χ0v) is 15.9. The predicted octanol–water partition coefficient (Wildman–Crippen LogP) is 1.74. The van der Waals surface area contributed by atoms with Gasteiger partial charge in [0.2, 0.25) is 11.1 Å². The topological polar surface area (TPSA) is 119 Å². The second-order valence-corrected chi connectivity index (χ2v) is 8.01. The Balaban J connectivity index is 1.70. The molecule has 27 heavy (non-hydrogen) atoms. The molecule has 0 unspecified atom stereocenters. The first-order valence-corrected chi connectivity index (χ1v) is 10.2. The molecule has 9 nitrogen and oxygen atoms in total. The van der Waals surface area contributed by atoms with E-state index in [0.29, 0.717) is 10.8 Å². The Kier molecular flexibility index (Phi) is 5.72. The van der Waals surface area contributed by atoms with Gasteiger partial charge >= 0.3 is 0 Å². The Morgan fingerprint density at radius 3 is 2.41 bits per heavy atom. The highest BCUT2D eigenvalue weighted by Crippen LogP contribution is 2.25. The van der Waals surface area contributed by atoms with Crippen LogP contribution in [0.5, 0.6) is 0 Å². The van der Waals surface area contributed by atoms with Gasteiger partial charge in [-0.05, 0) is 34.7 Å². The number of tetrazole rings is 1. The summed E-state index contributed by atoms with van der Waals surface area (Å²) in [6, 6.07) is 14.6. The molecular weight excluding hydrogens is 388 g/mol. The molecule has 3 rings (SSSR count). The van der Waals surface area contributed by atoms with Gasteiger partial charge in [-0.3, -0.25) is 9.52 Å². The summed E-state index contributed by atoms with van der Waals surface area (Å²) in [5, 5.41) is 14.2. The van der Waals surface area contributed by atoms with E-state index in [1.165, 1.54) is 28.6 Å². The van der Waals surface area contributed by atoms with Crippen molar-refractivity contribution in [1.29, 1.82) is 0 Å². The monoisotopic (exact) mass is 404 g/mol. The number of amides is 1. The Labute approximate surface area is 160 Å². The minimum absolute atomic E-state index is 0.0774. The van der Waals surface area contributed by atoms with Gasteiger partial charge in [0.05, 0.1) is 22.0 Å². The molecule has 11 heteroatoms. The van der Waals surface area contributed by atoms with Gasteiger partial charge < -0.3 is 5.32 Å². The van der Waals surface area contributed by atoms with E-state index in [2.05, 4.69) is 25.6 Å². The van der Waals surface area contributed by atoms with Crippen LogP contribution >= 0.6 is 11.8 Å². The second kappa shape index (κ2) is 8.18. The molecule has 2 aromatic carbocycles. The molecule has 0 radical (unpaired) electrons. The normalized spacial score (nSPS) is 11.1. The molecule has 0 aliphatic heterocycles. The van der Waals surface area contributed by atoms with Crippen LogP contribution in [0.3, 0.4) is 0 Å². The molecule has 0 spiro atoms. The third-order valence-corrected chi connectivity index (χ3v) is 5.80. The molecule has 0 atom stereocenters. The summed E-state index contributed by atoms with van der Waals surface area (Å²) in [5.41, 5.74) is 0.638. The molecular formula is C16H16N6O3S2. The van der Waals surface area contributed by atoms with Crippen LogP contribution in [0, 0.1) is 0 Å². The first kappa shape index (κ1) is 18.9. The van der Waals surface area contributed by atoms with Crippen LogP contribution < -0.4 is 10.0 Å². The Bertz CT molecular complexity index is 1040. The van der Waals surface area contributed by atoms with Gasteiger partial charge in [0.15, 0.2) is 0 Å². The molecule has 0 bridgehead atoms. The third-order valence-electron chi connectivity index (χ3n) is 3.41. The van der Waals surface area contributed by atoms with E-state index in [0.717, 1.165) is 0 Å². The smallest absolute Gasteiger partial charge is 0.261 e. The fraction of sp³-hybridized carbons (Fsp3) is 0.125. The number of aryl methyl sites for hydroxylation is 1. The summed E-state index contributed by atoms with van der Waals surface area (Å²) in [6.07, 6.45) is 0. The van der Waals surface area contributed by atoms with Crippen LogP contribution in [0.1, 0.15) is 0 Å². The Morgan fingerprint density at radius 2 is 1.74 bits per heavy atom. The van der Waals surface area contributed by atoms with Crippen LogP contribution in [0.25, 0.3) is 0 Å². The summed E-state index contributed by atoms with van der Waals surface area (Å²) < 4.78 is 29.0. The molecule has 1 aromatic heterocycles. The number of nitrogens with zero attached hydrogens (tertiary/aromatic N) is 4. The number of sulfonamides is 1. The molecule has 140 valence electrons. The number of aromatic nitrogens is 4. The number of hydrogen-bond donors (Lipinski definition) is 2.